The van der Waals surface area contributed by atoms with Crippen LogP contribution in [0.25, 0.3) is 0 Å². The molecule has 6 saturated heterocycles. The van der Waals surface area contributed by atoms with Crippen molar-refractivity contribution in [3.8, 4) is 0 Å². The molecule has 6 rings (SSSR count). The average molecular weight is 1100 g/mol. The second-order valence-corrected chi connectivity index (χ2v) is 18.7. The van der Waals surface area contributed by atoms with Gasteiger partial charge in [0.25, 0.3) is 0 Å². The summed E-state index contributed by atoms with van der Waals surface area (Å²) in [7, 11) is 1.31. The molecule has 0 spiro atoms. The molecule has 0 unspecified atom stereocenters. The van der Waals surface area contributed by atoms with E-state index in [9.17, 15) is 57.5 Å². The number of methoxy groups -OCH3 is 1. The summed E-state index contributed by atoms with van der Waals surface area (Å²) in [6, 6.07) is -2.40. The summed E-state index contributed by atoms with van der Waals surface area (Å²) in [6.45, 7) is 12.2. The van der Waals surface area contributed by atoms with Crippen LogP contribution in [0.3, 0.4) is 0 Å². The van der Waals surface area contributed by atoms with Gasteiger partial charge in [-0.1, -0.05) is 79.1 Å². The van der Waals surface area contributed by atoms with Gasteiger partial charge in [0.1, 0.15) is 36.3 Å². The SMILES string of the molecule is CCCCCCCOC(=O)[C@@H]1CCC(=O)N1.CCCCCCOC(=O)[C@@H]1CCC(=O)N1.CCCCOC(=O)[C@@H]1CCC(=O)N1.CCCOC(=O)[C@@H]1CCC(=O)N1.CCOC(=O)[C@@H]1CCC(=O)N1.COC(=O)[C@@H]1CCC(=O)N1. The maximum atomic E-state index is 11.4. The molecule has 0 aliphatic carbocycles. The van der Waals surface area contributed by atoms with E-state index in [1.165, 1.54) is 39.2 Å². The maximum absolute atomic E-state index is 11.4. The largest absolute Gasteiger partial charge is 0.467 e. The van der Waals surface area contributed by atoms with E-state index in [1.807, 2.05) is 13.8 Å². The number of rotatable bonds is 23. The van der Waals surface area contributed by atoms with Gasteiger partial charge in [0.2, 0.25) is 35.4 Å². The fourth-order valence-electron chi connectivity index (χ4n) is 7.63. The number of nitrogens with one attached hydrogen (secondary N) is 6. The van der Waals surface area contributed by atoms with E-state index in [4.69, 9.17) is 23.7 Å². The van der Waals surface area contributed by atoms with Crippen molar-refractivity contribution in [1.29, 1.82) is 0 Å². The molecule has 6 fully saturated rings. The van der Waals surface area contributed by atoms with Crippen LogP contribution in [0.15, 0.2) is 0 Å². The van der Waals surface area contributed by atoms with E-state index < -0.39 is 36.3 Å². The predicted molar refractivity (Wildman–Crippen MR) is 278 cm³/mol. The van der Waals surface area contributed by atoms with E-state index in [1.54, 1.807) is 6.92 Å². The second kappa shape index (κ2) is 41.8. The van der Waals surface area contributed by atoms with E-state index >= 15 is 0 Å². The van der Waals surface area contributed by atoms with E-state index in [2.05, 4.69) is 50.5 Å². The van der Waals surface area contributed by atoms with E-state index in [-0.39, 0.29) is 71.3 Å². The molecule has 0 aromatic rings. The summed E-state index contributed by atoms with van der Waals surface area (Å²) in [4.78, 5) is 131. The van der Waals surface area contributed by atoms with Crippen molar-refractivity contribution < 1.29 is 86.0 Å². The Morgan fingerprint density at radius 1 is 0.325 bits per heavy atom. The minimum absolute atomic E-state index is 0.0510. The van der Waals surface area contributed by atoms with Gasteiger partial charge < -0.3 is 60.3 Å². The van der Waals surface area contributed by atoms with Crippen LogP contribution in [0.5, 0.6) is 0 Å². The molecule has 24 heteroatoms. The highest BCUT2D eigenvalue weighted by Crippen LogP contribution is 2.13. The molecule has 0 aromatic heterocycles. The highest BCUT2D eigenvalue weighted by Gasteiger charge is 2.32. The van der Waals surface area contributed by atoms with Gasteiger partial charge in [0, 0.05) is 38.5 Å². The van der Waals surface area contributed by atoms with E-state index in [0.717, 1.165) is 44.9 Å². The fourth-order valence-corrected chi connectivity index (χ4v) is 7.63. The van der Waals surface area contributed by atoms with Crippen molar-refractivity contribution in [3.05, 3.63) is 0 Å². The molecule has 0 radical (unpaired) electrons. The number of ether oxygens (including phenoxy) is 6. The monoisotopic (exact) mass is 1100 g/mol. The number of hydrogen-bond acceptors (Lipinski definition) is 18. The summed E-state index contributed by atoms with van der Waals surface area (Å²) in [6.07, 6.45) is 18.8. The van der Waals surface area contributed by atoms with Crippen LogP contribution < -0.4 is 31.9 Å². The lowest BCUT2D eigenvalue weighted by molar-refractivity contribution is -0.147. The van der Waals surface area contributed by atoms with Crippen LogP contribution in [0.1, 0.15) is 189 Å². The van der Waals surface area contributed by atoms with Gasteiger partial charge in [-0.15, -0.1) is 0 Å². The first kappa shape index (κ1) is 68.7. The summed E-state index contributed by atoms with van der Waals surface area (Å²) in [5, 5.41) is 15.3. The summed E-state index contributed by atoms with van der Waals surface area (Å²) < 4.78 is 29.1. The Bertz CT molecular complexity index is 1880. The van der Waals surface area contributed by atoms with E-state index in [0.29, 0.717) is 110 Å². The van der Waals surface area contributed by atoms with Gasteiger partial charge in [0.05, 0.1) is 40.1 Å². The van der Waals surface area contributed by atoms with Crippen molar-refractivity contribution >= 4 is 71.3 Å². The number of esters is 6. The Hall–Kier alpha value is -6.36. The van der Waals surface area contributed by atoms with Crippen LogP contribution in [0.2, 0.25) is 0 Å². The van der Waals surface area contributed by atoms with Crippen LogP contribution in [0.4, 0.5) is 0 Å². The van der Waals surface area contributed by atoms with Crippen LogP contribution in [0, 0.1) is 0 Å². The van der Waals surface area contributed by atoms with Gasteiger partial charge >= 0.3 is 35.8 Å². The zero-order valence-corrected chi connectivity index (χ0v) is 46.3. The molecule has 6 aliphatic heterocycles. The quantitative estimate of drug-likeness (QED) is 0.0486. The third-order valence-corrected chi connectivity index (χ3v) is 12.1. The molecular formula is C53H88N6O18. The number of amides is 6. The number of hydrogen-bond donors (Lipinski definition) is 6. The van der Waals surface area contributed by atoms with Crippen molar-refractivity contribution in [2.24, 2.45) is 0 Å². The molecule has 77 heavy (non-hydrogen) atoms. The van der Waals surface area contributed by atoms with Crippen LogP contribution in [-0.4, -0.2) is 148 Å². The molecule has 0 bridgehead atoms. The number of unbranched alkanes of at least 4 members (excludes halogenated alkanes) is 8. The molecule has 24 nitrogen and oxygen atoms in total. The lowest BCUT2D eigenvalue weighted by Crippen LogP contribution is -2.34. The molecule has 6 aliphatic rings. The molecule has 0 aromatic carbocycles. The Kier molecular flexibility index (Phi) is 37.2. The highest BCUT2D eigenvalue weighted by atomic mass is 16.6. The molecule has 6 atom stereocenters. The third kappa shape index (κ3) is 31.5. The highest BCUT2D eigenvalue weighted by molar-refractivity contribution is 5.91. The number of carbonyl (C=O) groups is 12. The van der Waals surface area contributed by atoms with Gasteiger partial charge in [-0.3, -0.25) is 28.8 Å². The summed E-state index contributed by atoms with van der Waals surface area (Å²) in [5.74, 6) is -2.19. The zero-order valence-electron chi connectivity index (χ0n) is 46.3. The van der Waals surface area contributed by atoms with Crippen molar-refractivity contribution in [3.63, 3.8) is 0 Å². The normalized spacial score (nSPS) is 21.4. The molecule has 6 amide bonds. The molecule has 0 saturated carbocycles. The first-order valence-corrected chi connectivity index (χ1v) is 27.6. The van der Waals surface area contributed by atoms with Gasteiger partial charge in [-0.25, -0.2) is 28.8 Å². The average Bonchev–Trinajstić information content (AvgIpc) is 4.31. The van der Waals surface area contributed by atoms with Crippen molar-refractivity contribution in [1.82, 2.24) is 31.9 Å². The smallest absolute Gasteiger partial charge is 0.328 e. The molecule has 6 heterocycles. The topological polar surface area (TPSA) is 332 Å². The third-order valence-electron chi connectivity index (χ3n) is 12.1. The van der Waals surface area contributed by atoms with Crippen molar-refractivity contribution in [2.75, 3.05) is 40.1 Å². The Balaban J connectivity index is 0.000000465. The Labute approximate surface area is 453 Å². The summed E-state index contributed by atoms with van der Waals surface area (Å²) in [5.41, 5.74) is 0. The van der Waals surface area contributed by atoms with Gasteiger partial charge in [-0.05, 0) is 71.1 Å². The van der Waals surface area contributed by atoms with Gasteiger partial charge in [0.15, 0.2) is 0 Å². The maximum Gasteiger partial charge on any atom is 0.328 e. The summed E-state index contributed by atoms with van der Waals surface area (Å²) >= 11 is 0. The fraction of sp³-hybridized carbons (Fsp3) is 0.774. The minimum Gasteiger partial charge on any atom is -0.467 e. The molecule has 6 N–H and O–H groups in total. The zero-order chi connectivity index (χ0) is 57.4. The molecular weight excluding hydrogens is 1010 g/mol. The van der Waals surface area contributed by atoms with Crippen LogP contribution >= 0.6 is 0 Å². The lowest BCUT2D eigenvalue weighted by atomic mass is 10.2. The number of carbonyl (C=O) groups excluding carboxylic acids is 12. The van der Waals surface area contributed by atoms with Gasteiger partial charge in [-0.2, -0.15) is 0 Å². The Morgan fingerprint density at radius 2 is 0.571 bits per heavy atom. The Morgan fingerprint density at radius 3 is 0.818 bits per heavy atom. The lowest BCUT2D eigenvalue weighted by Gasteiger charge is -2.09. The molecule has 438 valence electrons. The predicted octanol–water partition coefficient (Wildman–Crippen LogP) is 3.26. The first-order chi connectivity index (χ1) is 36.9. The first-order valence-electron chi connectivity index (χ1n) is 27.6. The second-order valence-electron chi connectivity index (χ2n) is 18.7. The minimum atomic E-state index is -0.405. The standard InChI is InChI=1S/C12H21NO3.C11H19NO3.C9H15NO3.C8H13NO3.C7H11NO3.C6H9NO3/c1-2-3-4-5-6-9-16-12(15)10-7-8-11(14)13-10;1-2-3-4-5-8-15-11(14)9-6-7-10(13)12-9;1-2-3-6-13-9(12)7-4-5-8(11)10-7;1-2-5-12-8(11)6-3-4-7(10)9-6;1-2-11-7(10)5-3-4-6(9)8-5;1-10-6(9)4-2-3-5(8)7-4/h10H,2-9H2,1H3,(H,13,14);9H,2-8H2,1H3,(H,12,13);7H,2-6H2,1H3,(H,10,11);6H,2-5H2,1H3,(H,9,10);5H,2-4H2,1H3,(H,8,9);4H,2-3H2,1H3,(H,7,8)/t10-;9-;7-;6-;5-;4-/m000000/s1. The van der Waals surface area contributed by atoms with Crippen molar-refractivity contribution in [2.45, 2.75) is 225 Å². The van der Waals surface area contributed by atoms with Crippen LogP contribution in [-0.2, 0) is 86.0 Å².